The predicted octanol–water partition coefficient (Wildman–Crippen LogP) is 3.39. The van der Waals surface area contributed by atoms with Crippen molar-refractivity contribution in [3.05, 3.63) is 41.6 Å². The lowest BCUT2D eigenvalue weighted by Gasteiger charge is -2.29. The highest BCUT2D eigenvalue weighted by molar-refractivity contribution is 6.04. The number of amides is 1. The van der Waals surface area contributed by atoms with E-state index in [0.29, 0.717) is 11.5 Å². The molecule has 1 fully saturated rings. The van der Waals surface area contributed by atoms with Crippen LogP contribution in [0.1, 0.15) is 48.7 Å². The second-order valence-corrected chi connectivity index (χ2v) is 6.84. The number of fused-ring (bicyclic) bond motifs is 1. The third-order valence-electron chi connectivity index (χ3n) is 4.86. The van der Waals surface area contributed by atoms with Crippen LogP contribution in [0.2, 0.25) is 0 Å². The maximum absolute atomic E-state index is 12.4. The average molecular weight is 340 g/mol. The van der Waals surface area contributed by atoms with Crippen LogP contribution < -0.4 is 5.32 Å². The Morgan fingerprint density at radius 1 is 1.24 bits per heavy atom. The molecule has 25 heavy (non-hydrogen) atoms. The molecule has 1 heterocycles. The number of nitrogens with zero attached hydrogens (tertiary/aromatic N) is 1. The summed E-state index contributed by atoms with van der Waals surface area (Å²) in [4.78, 5) is 29.0. The van der Waals surface area contributed by atoms with Gasteiger partial charge in [-0.15, -0.1) is 0 Å². The number of benzene rings is 1. The second kappa shape index (κ2) is 7.64. The minimum absolute atomic E-state index is 0.184. The van der Waals surface area contributed by atoms with Crippen LogP contribution >= 0.6 is 0 Å². The standard InChI is InChI=1S/C20H24N2O3/c1-13-7-3-5-9-17(13)22-19(23)12-25-20(24)16-11-14(2)21-18-10-6-4-8-15(16)18/h4,6,8,10-11,13,17H,3,5,7,9,12H2,1-2H3,(H,22,23)/t13-,17+/m0/s1. The molecular weight excluding hydrogens is 316 g/mol. The first kappa shape index (κ1) is 17.4. The number of esters is 1. The maximum atomic E-state index is 12.4. The molecule has 1 aromatic carbocycles. The van der Waals surface area contributed by atoms with Gasteiger partial charge in [0.15, 0.2) is 6.61 Å². The number of carbonyl (C=O) groups excluding carboxylic acids is 2. The predicted molar refractivity (Wildman–Crippen MR) is 96.3 cm³/mol. The Balaban J connectivity index is 1.64. The first-order valence-electron chi connectivity index (χ1n) is 8.87. The summed E-state index contributed by atoms with van der Waals surface area (Å²) < 4.78 is 5.25. The van der Waals surface area contributed by atoms with Gasteiger partial charge >= 0.3 is 5.97 Å². The summed E-state index contributed by atoms with van der Waals surface area (Å²) in [5.74, 6) is -0.254. The van der Waals surface area contributed by atoms with Gasteiger partial charge in [-0.2, -0.15) is 0 Å². The molecule has 132 valence electrons. The smallest absolute Gasteiger partial charge is 0.339 e. The van der Waals surface area contributed by atoms with E-state index >= 15 is 0 Å². The highest BCUT2D eigenvalue weighted by Gasteiger charge is 2.23. The third kappa shape index (κ3) is 4.16. The van der Waals surface area contributed by atoms with Crippen LogP contribution in [0.4, 0.5) is 0 Å². The van der Waals surface area contributed by atoms with E-state index in [1.165, 1.54) is 6.42 Å². The topological polar surface area (TPSA) is 68.3 Å². The molecule has 0 unspecified atom stereocenters. The number of hydrogen-bond donors (Lipinski definition) is 1. The molecule has 0 bridgehead atoms. The summed E-state index contributed by atoms with van der Waals surface area (Å²) >= 11 is 0. The van der Waals surface area contributed by atoms with Crippen molar-refractivity contribution in [2.75, 3.05) is 6.61 Å². The zero-order valence-electron chi connectivity index (χ0n) is 14.7. The van der Waals surface area contributed by atoms with Gasteiger partial charge < -0.3 is 10.1 Å². The molecule has 2 aromatic rings. The number of aryl methyl sites for hydroxylation is 1. The van der Waals surface area contributed by atoms with Crippen molar-refractivity contribution in [3.8, 4) is 0 Å². The van der Waals surface area contributed by atoms with Gasteiger partial charge in [0.25, 0.3) is 5.91 Å². The van der Waals surface area contributed by atoms with Gasteiger partial charge in [-0.1, -0.05) is 38.0 Å². The summed E-state index contributed by atoms with van der Waals surface area (Å²) in [6.45, 7) is 3.74. The molecule has 0 spiro atoms. The highest BCUT2D eigenvalue weighted by atomic mass is 16.5. The van der Waals surface area contributed by atoms with E-state index in [-0.39, 0.29) is 18.6 Å². The first-order chi connectivity index (χ1) is 12.0. The third-order valence-corrected chi connectivity index (χ3v) is 4.86. The molecule has 1 aliphatic carbocycles. The van der Waals surface area contributed by atoms with Gasteiger partial charge in [-0.05, 0) is 37.8 Å². The lowest BCUT2D eigenvalue weighted by atomic mass is 9.86. The van der Waals surface area contributed by atoms with E-state index in [2.05, 4.69) is 17.2 Å². The van der Waals surface area contributed by atoms with Crippen LogP contribution in [0.3, 0.4) is 0 Å². The number of ether oxygens (including phenoxy) is 1. The summed E-state index contributed by atoms with van der Waals surface area (Å²) in [5, 5.41) is 3.73. The maximum Gasteiger partial charge on any atom is 0.339 e. The number of carbonyl (C=O) groups is 2. The van der Waals surface area contributed by atoms with E-state index in [1.54, 1.807) is 6.07 Å². The minimum atomic E-state index is -0.492. The lowest BCUT2D eigenvalue weighted by Crippen LogP contribution is -2.42. The Kier molecular flexibility index (Phi) is 5.31. The number of hydrogen-bond acceptors (Lipinski definition) is 4. The number of pyridine rings is 1. The monoisotopic (exact) mass is 340 g/mol. The van der Waals surface area contributed by atoms with E-state index < -0.39 is 5.97 Å². The fraction of sp³-hybridized carbons (Fsp3) is 0.450. The highest BCUT2D eigenvalue weighted by Crippen LogP contribution is 2.23. The second-order valence-electron chi connectivity index (χ2n) is 6.84. The van der Waals surface area contributed by atoms with Crippen molar-refractivity contribution in [1.82, 2.24) is 10.3 Å². The number of aromatic nitrogens is 1. The Morgan fingerprint density at radius 2 is 2.00 bits per heavy atom. The average Bonchev–Trinajstić information content (AvgIpc) is 2.61. The summed E-state index contributed by atoms with van der Waals surface area (Å²) in [7, 11) is 0. The van der Waals surface area contributed by atoms with Crippen molar-refractivity contribution in [3.63, 3.8) is 0 Å². The lowest BCUT2D eigenvalue weighted by molar-refractivity contribution is -0.125. The van der Waals surface area contributed by atoms with Crippen LogP contribution in [0.5, 0.6) is 0 Å². The first-order valence-corrected chi connectivity index (χ1v) is 8.87. The van der Waals surface area contributed by atoms with Crippen LogP contribution in [-0.4, -0.2) is 29.5 Å². The van der Waals surface area contributed by atoms with Crippen LogP contribution in [0, 0.1) is 12.8 Å². The summed E-state index contributed by atoms with van der Waals surface area (Å²) in [6, 6.07) is 9.31. The molecule has 1 N–H and O–H groups in total. The minimum Gasteiger partial charge on any atom is -0.452 e. The Morgan fingerprint density at radius 3 is 2.80 bits per heavy atom. The zero-order valence-corrected chi connectivity index (χ0v) is 14.7. The molecule has 5 heteroatoms. The molecule has 0 saturated heterocycles. The van der Waals surface area contributed by atoms with Crippen molar-refractivity contribution in [2.24, 2.45) is 5.92 Å². The van der Waals surface area contributed by atoms with Gasteiger partial charge in [0.2, 0.25) is 0 Å². The van der Waals surface area contributed by atoms with Crippen LogP contribution in [0.25, 0.3) is 10.9 Å². The normalized spacial score (nSPS) is 20.2. The van der Waals surface area contributed by atoms with Crippen LogP contribution in [-0.2, 0) is 9.53 Å². The van der Waals surface area contributed by atoms with E-state index in [4.69, 9.17) is 4.74 Å². The SMILES string of the molecule is Cc1cc(C(=O)OCC(=O)N[C@@H]2CCCC[C@@H]2C)c2ccccc2n1. The number of rotatable bonds is 4. The fourth-order valence-corrected chi connectivity index (χ4v) is 3.46. The summed E-state index contributed by atoms with van der Waals surface area (Å²) in [6.07, 6.45) is 4.48. The van der Waals surface area contributed by atoms with Gasteiger partial charge in [0, 0.05) is 17.1 Å². The van der Waals surface area contributed by atoms with Gasteiger partial charge in [0.1, 0.15) is 0 Å². The van der Waals surface area contributed by atoms with E-state index in [0.717, 1.165) is 35.9 Å². The van der Waals surface area contributed by atoms with Gasteiger partial charge in [-0.25, -0.2) is 4.79 Å². The van der Waals surface area contributed by atoms with Crippen molar-refractivity contribution < 1.29 is 14.3 Å². The fourth-order valence-electron chi connectivity index (χ4n) is 3.46. The van der Waals surface area contributed by atoms with Gasteiger partial charge in [0.05, 0.1) is 11.1 Å². The number of para-hydroxylation sites is 1. The molecule has 0 aliphatic heterocycles. The molecule has 3 rings (SSSR count). The molecule has 1 amide bonds. The Bertz CT molecular complexity index is 788. The molecule has 1 saturated carbocycles. The quantitative estimate of drug-likeness (QED) is 0.866. The Labute approximate surface area is 147 Å². The van der Waals surface area contributed by atoms with Crippen LogP contribution in [0.15, 0.2) is 30.3 Å². The van der Waals surface area contributed by atoms with E-state index in [9.17, 15) is 9.59 Å². The zero-order chi connectivity index (χ0) is 17.8. The molecule has 5 nitrogen and oxygen atoms in total. The van der Waals surface area contributed by atoms with Crippen molar-refractivity contribution in [2.45, 2.75) is 45.6 Å². The molecule has 0 radical (unpaired) electrons. The van der Waals surface area contributed by atoms with Crippen molar-refractivity contribution in [1.29, 1.82) is 0 Å². The molecule has 2 atom stereocenters. The van der Waals surface area contributed by atoms with E-state index in [1.807, 2.05) is 31.2 Å². The molecule has 1 aromatic heterocycles. The number of nitrogens with one attached hydrogen (secondary N) is 1. The van der Waals surface area contributed by atoms with Gasteiger partial charge in [-0.3, -0.25) is 9.78 Å². The largest absolute Gasteiger partial charge is 0.452 e. The molecular formula is C20H24N2O3. The van der Waals surface area contributed by atoms with Crippen molar-refractivity contribution >= 4 is 22.8 Å². The summed E-state index contributed by atoms with van der Waals surface area (Å²) in [5.41, 5.74) is 1.93. The Hall–Kier alpha value is -2.43. The molecule has 1 aliphatic rings.